The lowest BCUT2D eigenvalue weighted by atomic mass is 9.85. The normalized spacial score (nSPS) is 13.1. The molecule has 0 unspecified atom stereocenters. The van der Waals surface area contributed by atoms with Gasteiger partial charge >= 0.3 is 0 Å². The number of rotatable bonds is 30. The molecule has 404 valence electrons. The van der Waals surface area contributed by atoms with Crippen molar-refractivity contribution in [3.63, 3.8) is 0 Å². The molecular formula is C55H67N9O9S3. The Balaban J connectivity index is 1.27. The summed E-state index contributed by atoms with van der Waals surface area (Å²) in [4.78, 5) is 41.4. The summed E-state index contributed by atoms with van der Waals surface area (Å²) in [6.07, 6.45) is 3.89. The Morgan fingerprint density at radius 1 is 0.342 bits per heavy atom. The number of hydrogen-bond acceptors (Lipinski definition) is 12. The van der Waals surface area contributed by atoms with E-state index >= 15 is 0 Å². The fraction of sp³-hybridized carbons (Fsp3) is 0.291. The number of amides is 3. The van der Waals surface area contributed by atoms with Crippen LogP contribution in [-0.2, 0) is 44.5 Å². The SMILES string of the molecule is NCCCC[C@@H](NS(=O)(=O)c1ccccc1)C(=O)Nc1ccc(C(c2ccc(NC(=O)[C@@H](CCCCN)NS(=O)(=O)c3ccccc3)cc2)c2ccc(NC(=O)[C@@H](CCCCN)NS(=O)(=O)c3ccccc3)cc2)cc1. The van der Waals surface area contributed by atoms with E-state index in [0.717, 1.165) is 16.7 Å². The predicted octanol–water partition coefficient (Wildman–Crippen LogP) is 6.11. The van der Waals surface area contributed by atoms with E-state index in [9.17, 15) is 39.6 Å². The molecule has 0 saturated heterocycles. The van der Waals surface area contributed by atoms with Gasteiger partial charge in [-0.15, -0.1) is 0 Å². The van der Waals surface area contributed by atoms with Crippen LogP contribution in [0.25, 0.3) is 0 Å². The van der Waals surface area contributed by atoms with Gasteiger partial charge in [0.1, 0.15) is 18.1 Å². The van der Waals surface area contributed by atoms with Crippen molar-refractivity contribution in [2.24, 2.45) is 17.2 Å². The zero-order valence-corrected chi connectivity index (χ0v) is 44.5. The second-order valence-corrected chi connectivity index (χ2v) is 23.2. The largest absolute Gasteiger partial charge is 0.330 e. The highest BCUT2D eigenvalue weighted by Gasteiger charge is 2.29. The van der Waals surface area contributed by atoms with Crippen molar-refractivity contribution in [1.82, 2.24) is 14.2 Å². The van der Waals surface area contributed by atoms with Gasteiger partial charge in [0.25, 0.3) is 0 Å². The van der Waals surface area contributed by atoms with Gasteiger partial charge in [-0.1, -0.05) is 110 Å². The zero-order valence-electron chi connectivity index (χ0n) is 42.0. The average molecular weight is 1090 g/mol. The van der Waals surface area contributed by atoms with Crippen LogP contribution in [-0.4, -0.2) is 80.7 Å². The molecule has 0 bridgehead atoms. The Kier molecular flexibility index (Phi) is 21.9. The lowest BCUT2D eigenvalue weighted by Gasteiger charge is -2.22. The quantitative estimate of drug-likeness (QED) is 0.0182. The molecule has 3 amide bonds. The number of sulfonamides is 3. The maximum absolute atomic E-state index is 13.8. The van der Waals surface area contributed by atoms with Crippen LogP contribution >= 0.6 is 0 Å². The molecule has 0 aromatic heterocycles. The molecule has 0 aliphatic heterocycles. The molecule has 0 radical (unpaired) electrons. The molecule has 0 heterocycles. The average Bonchev–Trinajstić information content (AvgIpc) is 3.42. The van der Waals surface area contributed by atoms with Crippen LogP contribution in [0.2, 0.25) is 0 Å². The van der Waals surface area contributed by atoms with E-state index in [2.05, 4.69) is 30.1 Å². The molecule has 76 heavy (non-hydrogen) atoms. The number of nitrogens with one attached hydrogen (secondary N) is 6. The molecule has 0 spiro atoms. The van der Waals surface area contributed by atoms with Crippen molar-refractivity contribution in [2.75, 3.05) is 35.6 Å². The lowest BCUT2D eigenvalue weighted by Crippen LogP contribution is -2.43. The van der Waals surface area contributed by atoms with E-state index in [0.29, 0.717) is 75.2 Å². The van der Waals surface area contributed by atoms with Gasteiger partial charge in [-0.25, -0.2) is 25.3 Å². The smallest absolute Gasteiger partial charge is 0.242 e. The Morgan fingerprint density at radius 2 is 0.579 bits per heavy atom. The molecule has 12 N–H and O–H groups in total. The second-order valence-electron chi connectivity index (χ2n) is 18.1. The maximum Gasteiger partial charge on any atom is 0.242 e. The van der Waals surface area contributed by atoms with E-state index in [1.807, 2.05) is 36.4 Å². The first-order valence-corrected chi connectivity index (χ1v) is 29.5. The van der Waals surface area contributed by atoms with Crippen LogP contribution in [0.5, 0.6) is 0 Å². The fourth-order valence-corrected chi connectivity index (χ4v) is 12.1. The first-order chi connectivity index (χ1) is 36.5. The summed E-state index contributed by atoms with van der Waals surface area (Å²) in [6, 6.07) is 41.2. The third-order valence-electron chi connectivity index (χ3n) is 12.4. The standard InChI is InChI=1S/C55H67N9O9S3/c56-37-13-10-22-49(62-74(68,69)46-16-4-1-5-17-46)53(65)59-43-31-25-40(26-32-43)52(41-27-33-44(34-28-41)60-54(66)50(23-11-14-38-57)63-75(70,71)47-18-6-2-7-19-47)42-29-35-45(36-30-42)61-55(67)51(24-12-15-39-58)64-76(72,73)48-20-8-3-9-21-48/h1-9,16-21,25-36,49-52,62-64H,10-15,22-24,37-39,56-58H2,(H,59,65)(H,60,66)(H,61,67)/t49-,50-,51-/m1/s1. The minimum absolute atomic E-state index is 0.0236. The number of benzene rings is 6. The molecule has 6 aromatic rings. The first kappa shape index (κ1) is 58.6. The summed E-state index contributed by atoms with van der Waals surface area (Å²) in [7, 11) is -12.1. The lowest BCUT2D eigenvalue weighted by molar-refractivity contribution is -0.118. The van der Waals surface area contributed by atoms with Gasteiger partial charge < -0.3 is 33.2 Å². The number of hydrogen-bond donors (Lipinski definition) is 9. The molecule has 18 nitrogen and oxygen atoms in total. The molecular weight excluding hydrogens is 1030 g/mol. The van der Waals surface area contributed by atoms with Gasteiger partial charge in [-0.2, -0.15) is 14.2 Å². The van der Waals surface area contributed by atoms with Crippen LogP contribution in [0.3, 0.4) is 0 Å². The van der Waals surface area contributed by atoms with Crippen LogP contribution in [0, 0.1) is 0 Å². The van der Waals surface area contributed by atoms with Crippen molar-refractivity contribution in [1.29, 1.82) is 0 Å². The highest BCUT2D eigenvalue weighted by molar-refractivity contribution is 7.90. The van der Waals surface area contributed by atoms with E-state index in [4.69, 9.17) is 17.2 Å². The minimum Gasteiger partial charge on any atom is -0.330 e. The van der Waals surface area contributed by atoms with Crippen molar-refractivity contribution >= 4 is 64.9 Å². The number of carbonyl (C=O) groups excluding carboxylic acids is 3. The van der Waals surface area contributed by atoms with E-state index in [-0.39, 0.29) is 33.9 Å². The van der Waals surface area contributed by atoms with Crippen LogP contribution in [0.1, 0.15) is 80.4 Å². The minimum atomic E-state index is -4.04. The van der Waals surface area contributed by atoms with E-state index in [1.165, 1.54) is 36.4 Å². The summed E-state index contributed by atoms with van der Waals surface area (Å²) < 4.78 is 87.5. The fourth-order valence-electron chi connectivity index (χ4n) is 8.32. The summed E-state index contributed by atoms with van der Waals surface area (Å²) in [5, 5.41) is 8.58. The Morgan fingerprint density at radius 3 is 0.803 bits per heavy atom. The topological polar surface area (TPSA) is 304 Å². The van der Waals surface area contributed by atoms with Crippen LogP contribution < -0.4 is 47.3 Å². The van der Waals surface area contributed by atoms with Crippen molar-refractivity contribution in [3.8, 4) is 0 Å². The number of anilines is 3. The Hall–Kier alpha value is -6.66. The summed E-state index contributed by atoms with van der Waals surface area (Å²) >= 11 is 0. The van der Waals surface area contributed by atoms with Gasteiger partial charge in [-0.05, 0) is 148 Å². The zero-order chi connectivity index (χ0) is 54.6. The molecule has 6 aromatic carbocycles. The molecule has 0 saturated carbocycles. The summed E-state index contributed by atoms with van der Waals surface area (Å²) in [5.74, 6) is -2.15. The number of unbranched alkanes of at least 4 members (excludes halogenated alkanes) is 3. The third kappa shape index (κ3) is 17.2. The summed E-state index contributed by atoms with van der Waals surface area (Å²) in [5.41, 5.74) is 20.7. The van der Waals surface area contributed by atoms with Gasteiger partial charge in [0, 0.05) is 23.0 Å². The molecule has 21 heteroatoms. The van der Waals surface area contributed by atoms with E-state index < -0.39 is 71.8 Å². The first-order valence-electron chi connectivity index (χ1n) is 25.1. The monoisotopic (exact) mass is 1090 g/mol. The van der Waals surface area contributed by atoms with Crippen LogP contribution in [0.15, 0.2) is 178 Å². The Labute approximate surface area is 446 Å². The van der Waals surface area contributed by atoms with Gasteiger partial charge in [0.05, 0.1) is 14.7 Å². The number of carbonyl (C=O) groups is 3. The van der Waals surface area contributed by atoms with Crippen LogP contribution in [0.4, 0.5) is 17.1 Å². The van der Waals surface area contributed by atoms with E-state index in [1.54, 1.807) is 91.0 Å². The van der Waals surface area contributed by atoms with Crippen molar-refractivity contribution in [2.45, 2.75) is 96.5 Å². The molecule has 6 rings (SSSR count). The predicted molar refractivity (Wildman–Crippen MR) is 297 cm³/mol. The van der Waals surface area contributed by atoms with Gasteiger partial charge in [-0.3, -0.25) is 14.4 Å². The maximum atomic E-state index is 13.8. The van der Waals surface area contributed by atoms with Gasteiger partial charge in [0.2, 0.25) is 47.8 Å². The highest BCUT2D eigenvalue weighted by atomic mass is 32.2. The molecule has 3 atom stereocenters. The second kappa shape index (κ2) is 28.5. The van der Waals surface area contributed by atoms with Crippen molar-refractivity contribution < 1.29 is 39.6 Å². The molecule has 0 aliphatic rings. The third-order valence-corrected chi connectivity index (χ3v) is 16.8. The molecule has 0 aliphatic carbocycles. The van der Waals surface area contributed by atoms with Crippen molar-refractivity contribution in [3.05, 3.63) is 180 Å². The number of nitrogens with two attached hydrogens (primary N) is 3. The van der Waals surface area contributed by atoms with Gasteiger partial charge in [0.15, 0.2) is 0 Å². The Bertz CT molecular complexity index is 2800. The highest BCUT2D eigenvalue weighted by Crippen LogP contribution is 2.34. The summed E-state index contributed by atoms with van der Waals surface area (Å²) in [6.45, 7) is 1.13. The molecule has 0 fully saturated rings.